The van der Waals surface area contributed by atoms with E-state index in [0.29, 0.717) is 11.6 Å². The van der Waals surface area contributed by atoms with Crippen LogP contribution in [0.2, 0.25) is 5.02 Å². The monoisotopic (exact) mass is 396 g/mol. The number of ether oxygens (including phenoxy) is 1. The van der Waals surface area contributed by atoms with Crippen molar-refractivity contribution in [2.75, 3.05) is 32.0 Å². The predicted octanol–water partition coefficient (Wildman–Crippen LogP) is 0.977. The number of hydrogen-bond acceptors (Lipinski definition) is 5. The third kappa shape index (κ3) is 4.90. The van der Waals surface area contributed by atoms with Crippen molar-refractivity contribution in [1.82, 2.24) is 9.03 Å². The largest absolute Gasteiger partial charge is 0.376 e. The topological polar surface area (TPSA) is 92.8 Å². The van der Waals surface area contributed by atoms with E-state index >= 15 is 0 Å². The summed E-state index contributed by atoms with van der Waals surface area (Å²) in [7, 11) is -7.34. The molecule has 1 saturated heterocycles. The number of sulfonamides is 2. The van der Waals surface area contributed by atoms with E-state index in [-0.39, 0.29) is 36.4 Å². The molecule has 0 amide bonds. The van der Waals surface area contributed by atoms with Gasteiger partial charge < -0.3 is 4.74 Å². The summed E-state index contributed by atoms with van der Waals surface area (Å²) in [6, 6.07) is 4.38. The molecule has 0 aromatic heterocycles. The van der Waals surface area contributed by atoms with Gasteiger partial charge in [-0.3, -0.25) is 0 Å². The van der Waals surface area contributed by atoms with E-state index in [2.05, 4.69) is 4.72 Å². The smallest absolute Gasteiger partial charge is 0.240 e. The summed E-state index contributed by atoms with van der Waals surface area (Å²) in [5, 5.41) is 0.341. The van der Waals surface area contributed by atoms with E-state index in [0.717, 1.165) is 5.56 Å². The lowest BCUT2D eigenvalue weighted by Crippen LogP contribution is -2.46. The van der Waals surface area contributed by atoms with Crippen LogP contribution >= 0.6 is 11.6 Å². The standard InChI is InChI=1S/C14H21ClN2O5S2/c1-11-3-4-13(9-14(11)15)24(20,21)16-5-8-23(18,19)17-6-7-22-12(2)10-17/h3-4,9,12,16H,5-8,10H2,1-2H3. The van der Waals surface area contributed by atoms with Crippen LogP contribution in [0.4, 0.5) is 0 Å². The van der Waals surface area contributed by atoms with Gasteiger partial charge in [-0.05, 0) is 31.5 Å². The van der Waals surface area contributed by atoms with Gasteiger partial charge in [0.1, 0.15) is 0 Å². The first-order valence-corrected chi connectivity index (χ1v) is 10.9. The molecule has 1 aromatic rings. The highest BCUT2D eigenvalue weighted by atomic mass is 35.5. The Kier molecular flexibility index (Phi) is 6.27. The van der Waals surface area contributed by atoms with Gasteiger partial charge >= 0.3 is 0 Å². The van der Waals surface area contributed by atoms with Gasteiger partial charge in [0.25, 0.3) is 0 Å². The van der Waals surface area contributed by atoms with Gasteiger partial charge in [0.2, 0.25) is 20.0 Å². The molecule has 1 unspecified atom stereocenters. The van der Waals surface area contributed by atoms with Gasteiger partial charge in [0, 0.05) is 24.7 Å². The van der Waals surface area contributed by atoms with Crippen molar-refractivity contribution in [3.63, 3.8) is 0 Å². The minimum atomic E-state index is -3.81. The molecule has 24 heavy (non-hydrogen) atoms. The Balaban J connectivity index is 1.98. The first kappa shape index (κ1) is 19.6. The molecular formula is C14H21ClN2O5S2. The number of halogens is 1. The average Bonchev–Trinajstić information content (AvgIpc) is 2.49. The van der Waals surface area contributed by atoms with Crippen molar-refractivity contribution in [2.24, 2.45) is 0 Å². The highest BCUT2D eigenvalue weighted by Crippen LogP contribution is 2.19. The van der Waals surface area contributed by atoms with Crippen LogP contribution in [0, 0.1) is 6.92 Å². The van der Waals surface area contributed by atoms with Crippen molar-refractivity contribution in [3.05, 3.63) is 28.8 Å². The minimum absolute atomic E-state index is 0.00972. The maximum absolute atomic E-state index is 12.3. The quantitative estimate of drug-likeness (QED) is 0.773. The molecule has 1 aliphatic heterocycles. The van der Waals surface area contributed by atoms with Crippen molar-refractivity contribution >= 4 is 31.6 Å². The lowest BCUT2D eigenvalue weighted by atomic mass is 10.2. The summed E-state index contributed by atoms with van der Waals surface area (Å²) in [5.41, 5.74) is 0.764. The molecule has 0 spiro atoms. The van der Waals surface area contributed by atoms with Gasteiger partial charge in [0.05, 0.1) is 23.4 Å². The summed E-state index contributed by atoms with van der Waals surface area (Å²) in [6.07, 6.45) is -0.167. The Bertz CT molecular complexity index is 795. The Morgan fingerprint density at radius 2 is 2.04 bits per heavy atom. The van der Waals surface area contributed by atoms with Crippen LogP contribution in [0.5, 0.6) is 0 Å². The molecule has 1 fully saturated rings. The third-order valence-electron chi connectivity index (χ3n) is 3.70. The lowest BCUT2D eigenvalue weighted by molar-refractivity contribution is 0.0102. The summed E-state index contributed by atoms with van der Waals surface area (Å²) in [4.78, 5) is 0.00972. The molecule has 0 radical (unpaired) electrons. The van der Waals surface area contributed by atoms with Crippen LogP contribution < -0.4 is 4.72 Å². The fraction of sp³-hybridized carbons (Fsp3) is 0.571. The number of aryl methyl sites for hydroxylation is 1. The van der Waals surface area contributed by atoms with E-state index in [1.165, 1.54) is 16.4 Å². The van der Waals surface area contributed by atoms with E-state index in [9.17, 15) is 16.8 Å². The maximum Gasteiger partial charge on any atom is 0.240 e. The molecule has 7 nitrogen and oxygen atoms in total. The van der Waals surface area contributed by atoms with Gasteiger partial charge in [-0.25, -0.2) is 21.6 Å². The number of hydrogen-bond donors (Lipinski definition) is 1. The van der Waals surface area contributed by atoms with E-state index in [1.807, 2.05) is 0 Å². The lowest BCUT2D eigenvalue weighted by Gasteiger charge is -2.30. The zero-order valence-corrected chi connectivity index (χ0v) is 15.9. The SMILES string of the molecule is Cc1ccc(S(=O)(=O)NCCS(=O)(=O)N2CCOC(C)C2)cc1Cl. The molecule has 10 heteroatoms. The van der Waals surface area contributed by atoms with Crippen molar-refractivity contribution in [3.8, 4) is 0 Å². The highest BCUT2D eigenvalue weighted by molar-refractivity contribution is 7.90. The molecule has 0 aliphatic carbocycles. The second kappa shape index (κ2) is 7.67. The molecule has 0 saturated carbocycles. The van der Waals surface area contributed by atoms with Crippen LogP contribution in [0.1, 0.15) is 12.5 Å². The van der Waals surface area contributed by atoms with Crippen molar-refractivity contribution in [1.29, 1.82) is 0 Å². The van der Waals surface area contributed by atoms with Gasteiger partial charge in [-0.2, -0.15) is 4.31 Å². The summed E-state index contributed by atoms with van der Waals surface area (Å²) in [6.45, 7) is 4.26. The second-order valence-electron chi connectivity index (χ2n) is 5.66. The number of morpholine rings is 1. The van der Waals surface area contributed by atoms with E-state index in [4.69, 9.17) is 16.3 Å². The zero-order valence-electron chi connectivity index (χ0n) is 13.5. The van der Waals surface area contributed by atoms with E-state index < -0.39 is 20.0 Å². The van der Waals surface area contributed by atoms with Crippen LogP contribution in [-0.2, 0) is 24.8 Å². The first-order valence-electron chi connectivity index (χ1n) is 7.47. The Morgan fingerprint density at radius 3 is 2.67 bits per heavy atom. The molecule has 2 rings (SSSR count). The molecule has 1 N–H and O–H groups in total. The first-order chi connectivity index (χ1) is 11.1. The molecule has 1 aromatic carbocycles. The average molecular weight is 397 g/mol. The second-order valence-corrected chi connectivity index (χ2v) is 9.93. The summed E-state index contributed by atoms with van der Waals surface area (Å²) in [5.74, 6) is -0.307. The number of nitrogens with zero attached hydrogens (tertiary/aromatic N) is 1. The van der Waals surface area contributed by atoms with Crippen LogP contribution in [0.3, 0.4) is 0 Å². The summed E-state index contributed by atoms with van der Waals surface area (Å²) >= 11 is 5.94. The van der Waals surface area contributed by atoms with Gasteiger partial charge in [-0.15, -0.1) is 0 Å². The Morgan fingerprint density at radius 1 is 1.33 bits per heavy atom. The number of rotatable bonds is 6. The van der Waals surface area contributed by atoms with E-state index in [1.54, 1.807) is 19.9 Å². The third-order valence-corrected chi connectivity index (χ3v) is 7.41. The Labute approximate surface area is 148 Å². The van der Waals surface area contributed by atoms with Gasteiger partial charge in [-0.1, -0.05) is 17.7 Å². The van der Waals surface area contributed by atoms with Crippen LogP contribution in [0.25, 0.3) is 0 Å². The molecular weight excluding hydrogens is 376 g/mol. The molecule has 1 heterocycles. The molecule has 1 atom stereocenters. The molecule has 136 valence electrons. The van der Waals surface area contributed by atoms with Crippen molar-refractivity contribution < 1.29 is 21.6 Å². The molecule has 1 aliphatic rings. The van der Waals surface area contributed by atoms with Gasteiger partial charge in [0.15, 0.2) is 0 Å². The predicted molar refractivity (Wildman–Crippen MR) is 92.2 cm³/mol. The number of benzene rings is 1. The fourth-order valence-electron chi connectivity index (χ4n) is 2.30. The Hall–Kier alpha value is -0.710. The maximum atomic E-state index is 12.3. The fourth-order valence-corrected chi connectivity index (χ4v) is 5.14. The molecule has 0 bridgehead atoms. The minimum Gasteiger partial charge on any atom is -0.376 e. The number of nitrogens with one attached hydrogen (secondary N) is 1. The highest BCUT2D eigenvalue weighted by Gasteiger charge is 2.27. The summed E-state index contributed by atoms with van der Waals surface area (Å²) < 4.78 is 57.9. The normalized spacial score (nSPS) is 20.2. The van der Waals surface area contributed by atoms with Crippen molar-refractivity contribution in [2.45, 2.75) is 24.8 Å². The van der Waals surface area contributed by atoms with Crippen LogP contribution in [0.15, 0.2) is 23.1 Å². The van der Waals surface area contributed by atoms with Crippen LogP contribution in [-0.4, -0.2) is 59.2 Å². The zero-order chi connectivity index (χ0) is 18.0.